The van der Waals surface area contributed by atoms with Gasteiger partial charge in [-0.05, 0) is 6.92 Å². The highest BCUT2D eigenvalue weighted by atomic mass is 32.5. The van der Waals surface area contributed by atoms with Gasteiger partial charge >= 0.3 is 6.72 Å². The van der Waals surface area contributed by atoms with E-state index in [-0.39, 0.29) is 12.3 Å². The number of oxime groups is 1. The van der Waals surface area contributed by atoms with Crippen molar-refractivity contribution in [2.24, 2.45) is 5.16 Å². The molecule has 1 aromatic rings. The van der Waals surface area contributed by atoms with Crippen molar-refractivity contribution < 1.29 is 13.7 Å². The topological polar surface area (TPSA) is 63.8 Å². The lowest BCUT2D eigenvalue weighted by atomic mass is 10.1. The molecule has 7 heteroatoms. The van der Waals surface area contributed by atoms with Crippen molar-refractivity contribution in [3.63, 3.8) is 0 Å². The lowest BCUT2D eigenvalue weighted by molar-refractivity contribution is 0.209. The van der Waals surface area contributed by atoms with Crippen LogP contribution in [-0.2, 0) is 25.5 Å². The third-order valence-electron chi connectivity index (χ3n) is 1.84. The maximum Gasteiger partial charge on any atom is 0.464 e. The molecular weight excluding hydrogens is 283 g/mol. The molecule has 0 aliphatic carbocycles. The molecule has 98 valence electrons. The van der Waals surface area contributed by atoms with Crippen LogP contribution in [0.2, 0.25) is 0 Å². The highest BCUT2D eigenvalue weighted by Crippen LogP contribution is 2.49. The monoisotopic (exact) mass is 294 g/mol. The highest BCUT2D eigenvalue weighted by molar-refractivity contribution is 8.07. The van der Waals surface area contributed by atoms with Crippen LogP contribution in [0.3, 0.4) is 0 Å². The molecule has 0 saturated heterocycles. The maximum atomic E-state index is 9.03. The Hall–Kier alpha value is -1.85. The Kier molecular flexibility index (Phi) is 6.05. The molecule has 0 aliphatic heterocycles. The minimum absolute atomic E-state index is 0.0650. The normalized spacial score (nSPS) is 13.7. The van der Waals surface area contributed by atoms with Crippen LogP contribution in [0, 0.1) is 23.9 Å². The van der Waals surface area contributed by atoms with Crippen molar-refractivity contribution in [1.29, 1.82) is 5.26 Å². The molecule has 0 aromatic heterocycles. The van der Waals surface area contributed by atoms with Crippen LogP contribution in [0.1, 0.15) is 12.5 Å². The molecule has 1 atom stereocenters. The Labute approximate surface area is 117 Å². The Morgan fingerprint density at radius 2 is 2.16 bits per heavy atom. The lowest BCUT2D eigenvalue weighted by Gasteiger charge is -2.14. The van der Waals surface area contributed by atoms with Crippen molar-refractivity contribution in [2.45, 2.75) is 6.92 Å². The second kappa shape index (κ2) is 7.56. The number of hydrogen-bond donors (Lipinski definition) is 0. The van der Waals surface area contributed by atoms with Gasteiger partial charge in [0, 0.05) is 17.4 Å². The zero-order valence-corrected chi connectivity index (χ0v) is 11.9. The molecule has 5 nitrogen and oxygen atoms in total. The molecule has 19 heavy (non-hydrogen) atoms. The molecule has 0 fully saturated rings. The van der Waals surface area contributed by atoms with Gasteiger partial charge in [0.1, 0.15) is 12.2 Å². The standard InChI is InChI=1S/C12H11N2O3PS/c1-3-15-18(19,16-4-2)17-14-12(10-13)11-8-6-5-7-9-11/h1,5-9H,4H2,2H3/b14-12+. The van der Waals surface area contributed by atoms with Gasteiger partial charge in [0.15, 0.2) is 5.71 Å². The van der Waals surface area contributed by atoms with Gasteiger partial charge in [-0.1, -0.05) is 41.9 Å². The van der Waals surface area contributed by atoms with Gasteiger partial charge in [0.2, 0.25) is 0 Å². The number of nitriles is 1. The number of hydrogen-bond acceptors (Lipinski definition) is 6. The molecule has 0 N–H and O–H groups in total. The van der Waals surface area contributed by atoms with Gasteiger partial charge in [0.05, 0.1) is 6.61 Å². The second-order valence-electron chi connectivity index (χ2n) is 3.07. The van der Waals surface area contributed by atoms with E-state index in [2.05, 4.69) is 5.16 Å². The fourth-order valence-electron chi connectivity index (χ4n) is 1.11. The zero-order valence-electron chi connectivity index (χ0n) is 10.1. The summed E-state index contributed by atoms with van der Waals surface area (Å²) in [6.45, 7) is -1.16. The molecule has 0 spiro atoms. The van der Waals surface area contributed by atoms with Crippen LogP contribution in [0.4, 0.5) is 0 Å². The summed E-state index contributed by atoms with van der Waals surface area (Å²) in [6, 6.07) is 10.7. The summed E-state index contributed by atoms with van der Waals surface area (Å²) >= 11 is 5.00. The fraction of sp³-hybridized carbons (Fsp3) is 0.167. The molecular formula is C12H11N2O3PS. The van der Waals surface area contributed by atoms with Crippen molar-refractivity contribution >= 4 is 24.2 Å². The van der Waals surface area contributed by atoms with E-state index in [9.17, 15) is 0 Å². The zero-order chi connectivity index (χ0) is 14.1. The minimum Gasteiger partial charge on any atom is -0.361 e. The Morgan fingerprint density at radius 3 is 2.68 bits per heavy atom. The third kappa shape index (κ3) is 4.73. The molecule has 0 saturated carbocycles. The lowest BCUT2D eigenvalue weighted by Crippen LogP contribution is -2.00. The van der Waals surface area contributed by atoms with Crippen LogP contribution in [0.15, 0.2) is 35.5 Å². The van der Waals surface area contributed by atoms with E-state index in [4.69, 9.17) is 37.2 Å². The first-order chi connectivity index (χ1) is 9.15. The molecule has 0 bridgehead atoms. The van der Waals surface area contributed by atoms with Crippen molar-refractivity contribution in [2.75, 3.05) is 6.61 Å². The summed E-state index contributed by atoms with van der Waals surface area (Å²) in [5.41, 5.74) is 0.666. The molecule has 0 heterocycles. The number of nitrogens with zero attached hydrogens (tertiary/aromatic N) is 2. The van der Waals surface area contributed by atoms with E-state index in [1.807, 2.05) is 18.2 Å². The van der Waals surface area contributed by atoms with Gasteiger partial charge in [-0.3, -0.25) is 4.52 Å². The summed E-state index contributed by atoms with van der Waals surface area (Å²) < 4.78 is 14.9. The van der Waals surface area contributed by atoms with Crippen LogP contribution in [0.5, 0.6) is 0 Å². The molecule has 1 rings (SSSR count). The first-order valence-corrected chi connectivity index (χ1v) is 7.82. The van der Waals surface area contributed by atoms with Gasteiger partial charge in [-0.2, -0.15) is 5.26 Å². The Bertz CT molecular complexity index is 575. The molecule has 0 radical (unpaired) electrons. The average Bonchev–Trinajstić information content (AvgIpc) is 2.41. The van der Waals surface area contributed by atoms with Crippen LogP contribution in [0.25, 0.3) is 0 Å². The van der Waals surface area contributed by atoms with E-state index in [1.54, 1.807) is 31.2 Å². The number of terminal acetylenes is 1. The summed E-state index contributed by atoms with van der Waals surface area (Å²) in [5, 5.41) is 12.7. The molecule has 0 amide bonds. The summed E-state index contributed by atoms with van der Waals surface area (Å²) in [5.74, 6) is 0. The van der Waals surface area contributed by atoms with E-state index >= 15 is 0 Å². The SMILES string of the molecule is C#COP(=S)(OCC)O/N=C(\C#N)c1ccccc1. The largest absolute Gasteiger partial charge is 0.464 e. The van der Waals surface area contributed by atoms with Crippen LogP contribution in [-0.4, -0.2) is 12.3 Å². The molecule has 1 unspecified atom stereocenters. The summed E-state index contributed by atoms with van der Waals surface area (Å²) in [6.07, 6.45) is 6.93. The van der Waals surface area contributed by atoms with Crippen LogP contribution >= 0.6 is 6.72 Å². The number of benzene rings is 1. The van der Waals surface area contributed by atoms with Crippen LogP contribution < -0.4 is 0 Å². The average molecular weight is 294 g/mol. The van der Waals surface area contributed by atoms with Gasteiger partial charge in [0.25, 0.3) is 0 Å². The minimum atomic E-state index is -3.15. The van der Waals surface area contributed by atoms with Crippen molar-refractivity contribution in [3.05, 3.63) is 35.9 Å². The predicted molar refractivity (Wildman–Crippen MR) is 75.5 cm³/mol. The van der Waals surface area contributed by atoms with E-state index in [0.29, 0.717) is 5.56 Å². The quantitative estimate of drug-likeness (QED) is 0.349. The third-order valence-corrected chi connectivity index (χ3v) is 3.76. The van der Waals surface area contributed by atoms with Crippen molar-refractivity contribution in [1.82, 2.24) is 0 Å². The van der Waals surface area contributed by atoms with Gasteiger partial charge < -0.3 is 9.15 Å². The number of rotatable bonds is 6. The summed E-state index contributed by atoms with van der Waals surface area (Å²) in [7, 11) is 0. The summed E-state index contributed by atoms with van der Waals surface area (Å²) in [4.78, 5) is 0. The second-order valence-corrected chi connectivity index (χ2v) is 5.91. The Morgan fingerprint density at radius 1 is 1.47 bits per heavy atom. The van der Waals surface area contributed by atoms with E-state index in [1.165, 1.54) is 0 Å². The van der Waals surface area contributed by atoms with Gasteiger partial charge in [-0.15, -0.1) is 0 Å². The van der Waals surface area contributed by atoms with Crippen molar-refractivity contribution in [3.8, 4) is 18.6 Å². The Balaban J connectivity index is 2.92. The molecule has 1 aromatic carbocycles. The van der Waals surface area contributed by atoms with Gasteiger partial charge in [-0.25, -0.2) is 0 Å². The predicted octanol–water partition coefficient (Wildman–Crippen LogP) is 2.80. The first kappa shape index (κ1) is 15.2. The maximum absolute atomic E-state index is 9.03. The highest BCUT2D eigenvalue weighted by Gasteiger charge is 2.22. The fourth-order valence-corrected chi connectivity index (χ4v) is 2.42. The van der Waals surface area contributed by atoms with E-state index in [0.717, 1.165) is 0 Å². The smallest absolute Gasteiger partial charge is 0.361 e. The molecule has 0 aliphatic rings. The first-order valence-electron chi connectivity index (χ1n) is 5.26. The van der Waals surface area contributed by atoms with E-state index < -0.39 is 6.72 Å².